The van der Waals surface area contributed by atoms with Gasteiger partial charge in [0, 0.05) is 10.6 Å². The molecule has 0 aliphatic heterocycles. The summed E-state index contributed by atoms with van der Waals surface area (Å²) < 4.78 is 33.3. The van der Waals surface area contributed by atoms with Crippen LogP contribution in [0.4, 0.5) is 14.5 Å². The van der Waals surface area contributed by atoms with Crippen LogP contribution in [0.3, 0.4) is 0 Å². The van der Waals surface area contributed by atoms with E-state index in [1.54, 1.807) is 0 Å². The zero-order valence-electron chi connectivity index (χ0n) is 11.3. The molecule has 1 N–H and O–H groups in total. The number of esters is 2. The molecule has 21 heavy (non-hydrogen) atoms. The normalized spacial score (nSPS) is 11.2. The van der Waals surface area contributed by atoms with E-state index >= 15 is 0 Å². The number of halogens is 2. The van der Waals surface area contributed by atoms with Crippen LogP contribution in [0.15, 0.2) is 40.9 Å². The minimum absolute atomic E-state index is 0.126. The number of anilines is 1. The predicted molar refractivity (Wildman–Crippen MR) is 74.0 cm³/mol. The lowest BCUT2D eigenvalue weighted by Gasteiger charge is -2.09. The van der Waals surface area contributed by atoms with Crippen LogP contribution in [0.1, 0.15) is 0 Å². The fraction of sp³-hybridized carbons (Fsp3) is 0.231. The van der Waals surface area contributed by atoms with Crippen LogP contribution in [0.2, 0.25) is 0 Å². The summed E-state index contributed by atoms with van der Waals surface area (Å²) in [6.07, 6.45) is 0.938. The Kier molecular flexibility index (Phi) is 6.67. The lowest BCUT2D eigenvalue weighted by atomic mass is 10.3. The monoisotopic (exact) mass is 317 g/mol. The third kappa shape index (κ3) is 5.82. The van der Waals surface area contributed by atoms with Gasteiger partial charge in [-0.15, -0.1) is 0 Å². The van der Waals surface area contributed by atoms with Gasteiger partial charge in [0.2, 0.25) is 0 Å². The van der Waals surface area contributed by atoms with Gasteiger partial charge >= 0.3 is 11.9 Å². The summed E-state index contributed by atoms with van der Waals surface area (Å²) in [6.45, 7) is 0. The maximum Gasteiger partial charge on any atom is 0.354 e. The Labute approximate surface area is 124 Å². The average molecular weight is 317 g/mol. The molecule has 1 rings (SSSR count). The second-order valence-corrected chi connectivity index (χ2v) is 4.66. The van der Waals surface area contributed by atoms with E-state index in [1.807, 2.05) is 0 Å². The fourth-order valence-electron chi connectivity index (χ4n) is 1.31. The second kappa shape index (κ2) is 8.25. The summed E-state index contributed by atoms with van der Waals surface area (Å²) in [5, 5.41) is 2.66. The molecule has 0 amide bonds. The molecule has 5 nitrogen and oxygen atoms in total. The zero-order chi connectivity index (χ0) is 15.8. The van der Waals surface area contributed by atoms with Crippen molar-refractivity contribution in [1.29, 1.82) is 0 Å². The average Bonchev–Trinajstić information content (AvgIpc) is 2.46. The highest BCUT2D eigenvalue weighted by Crippen LogP contribution is 2.26. The van der Waals surface area contributed by atoms with Gasteiger partial charge in [0.25, 0.3) is 5.76 Å². The number of alkyl halides is 2. The maximum atomic E-state index is 12.2. The van der Waals surface area contributed by atoms with Crippen LogP contribution >= 0.6 is 11.8 Å². The van der Waals surface area contributed by atoms with E-state index in [9.17, 15) is 18.4 Å². The fourth-order valence-corrected chi connectivity index (χ4v) is 1.81. The quantitative estimate of drug-likeness (QED) is 0.494. The van der Waals surface area contributed by atoms with Crippen LogP contribution in [-0.4, -0.2) is 31.9 Å². The Balaban J connectivity index is 2.86. The first-order valence-electron chi connectivity index (χ1n) is 5.66. The molecule has 0 saturated carbocycles. The molecule has 0 spiro atoms. The summed E-state index contributed by atoms with van der Waals surface area (Å²) >= 11 is 0.410. The summed E-state index contributed by atoms with van der Waals surface area (Å²) in [7, 11) is 2.33. The van der Waals surface area contributed by atoms with Crippen LogP contribution in [-0.2, 0) is 19.1 Å². The molecule has 0 aromatic heterocycles. The number of carbonyl (C=O) groups excluding carboxylic acids is 2. The summed E-state index contributed by atoms with van der Waals surface area (Å²) in [5.41, 5.74) is 0.313. The van der Waals surface area contributed by atoms with E-state index in [-0.39, 0.29) is 5.70 Å². The molecule has 0 saturated heterocycles. The van der Waals surface area contributed by atoms with Crippen molar-refractivity contribution < 1.29 is 27.8 Å². The molecule has 0 fully saturated rings. The van der Waals surface area contributed by atoms with Crippen molar-refractivity contribution >= 4 is 29.4 Å². The first-order valence-corrected chi connectivity index (χ1v) is 6.54. The number of ether oxygens (including phenoxy) is 2. The third-order valence-corrected chi connectivity index (χ3v) is 2.95. The van der Waals surface area contributed by atoms with E-state index in [2.05, 4.69) is 14.8 Å². The number of benzene rings is 1. The van der Waals surface area contributed by atoms with Gasteiger partial charge in [-0.05, 0) is 24.3 Å². The number of carbonyl (C=O) groups is 2. The van der Waals surface area contributed by atoms with Crippen molar-refractivity contribution in [2.24, 2.45) is 0 Å². The molecule has 0 aliphatic rings. The number of rotatable bonds is 6. The molecule has 0 unspecified atom stereocenters. The van der Waals surface area contributed by atoms with Gasteiger partial charge in [-0.3, -0.25) is 0 Å². The van der Waals surface area contributed by atoms with Crippen molar-refractivity contribution in [3.8, 4) is 0 Å². The third-order valence-electron chi connectivity index (χ3n) is 2.23. The summed E-state index contributed by atoms with van der Waals surface area (Å²) in [6, 6.07) is 5.93. The smallest absolute Gasteiger partial charge is 0.354 e. The van der Waals surface area contributed by atoms with Crippen LogP contribution in [0.25, 0.3) is 0 Å². The van der Waals surface area contributed by atoms with Gasteiger partial charge in [-0.2, -0.15) is 8.78 Å². The molecular formula is C13H13F2NO4S. The van der Waals surface area contributed by atoms with E-state index < -0.39 is 17.7 Å². The van der Waals surface area contributed by atoms with E-state index in [0.29, 0.717) is 22.3 Å². The van der Waals surface area contributed by atoms with Gasteiger partial charge in [0.1, 0.15) is 5.70 Å². The number of thioether (sulfide) groups is 1. The molecule has 0 atom stereocenters. The Morgan fingerprint density at radius 1 is 1.19 bits per heavy atom. The Hall–Kier alpha value is -2.09. The second-order valence-electron chi connectivity index (χ2n) is 3.60. The summed E-state index contributed by atoms with van der Waals surface area (Å²) in [4.78, 5) is 23.1. The molecule has 8 heteroatoms. The lowest BCUT2D eigenvalue weighted by Crippen LogP contribution is -2.15. The largest absolute Gasteiger partial charge is 0.466 e. The van der Waals surface area contributed by atoms with E-state index in [4.69, 9.17) is 0 Å². The minimum Gasteiger partial charge on any atom is -0.466 e. The van der Waals surface area contributed by atoms with Gasteiger partial charge < -0.3 is 14.8 Å². The molecular weight excluding hydrogens is 304 g/mol. The topological polar surface area (TPSA) is 64.6 Å². The van der Waals surface area contributed by atoms with Gasteiger partial charge in [-0.25, -0.2) is 9.59 Å². The van der Waals surface area contributed by atoms with Crippen LogP contribution in [0.5, 0.6) is 0 Å². The minimum atomic E-state index is -2.51. The Bertz CT molecular complexity index is 531. The summed E-state index contributed by atoms with van der Waals surface area (Å²) in [5.74, 6) is -3.99. The van der Waals surface area contributed by atoms with Crippen molar-refractivity contribution in [1.82, 2.24) is 0 Å². The molecule has 1 aromatic rings. The Morgan fingerprint density at radius 3 is 2.29 bits per heavy atom. The van der Waals surface area contributed by atoms with E-state index in [1.165, 1.54) is 31.4 Å². The standard InChI is InChI=1S/C13H13F2NO4S/c1-19-11(17)7-10(12(18)20-2)16-8-3-5-9(6-4-8)21-13(14)15/h3-7,13,16H,1-2H3/b10-7+. The van der Waals surface area contributed by atoms with Crippen molar-refractivity contribution in [3.05, 3.63) is 36.0 Å². The number of hydrogen-bond donors (Lipinski definition) is 1. The van der Waals surface area contributed by atoms with Crippen LogP contribution < -0.4 is 5.32 Å². The molecule has 0 radical (unpaired) electrons. The number of hydrogen-bond acceptors (Lipinski definition) is 6. The lowest BCUT2D eigenvalue weighted by molar-refractivity contribution is -0.138. The van der Waals surface area contributed by atoms with Gasteiger partial charge in [0.05, 0.1) is 20.3 Å². The van der Waals surface area contributed by atoms with Crippen molar-refractivity contribution in [3.63, 3.8) is 0 Å². The molecule has 0 aliphatic carbocycles. The highest BCUT2D eigenvalue weighted by atomic mass is 32.2. The number of methoxy groups -OCH3 is 2. The van der Waals surface area contributed by atoms with Crippen molar-refractivity contribution in [2.45, 2.75) is 10.7 Å². The van der Waals surface area contributed by atoms with Gasteiger partial charge in [0.15, 0.2) is 0 Å². The maximum absolute atomic E-state index is 12.2. The van der Waals surface area contributed by atoms with Crippen molar-refractivity contribution in [2.75, 3.05) is 19.5 Å². The first-order chi connectivity index (χ1) is 9.96. The molecule has 0 heterocycles. The first kappa shape index (κ1) is 17.0. The van der Waals surface area contributed by atoms with Gasteiger partial charge in [-0.1, -0.05) is 11.8 Å². The predicted octanol–water partition coefficient (Wildman–Crippen LogP) is 2.64. The highest BCUT2D eigenvalue weighted by molar-refractivity contribution is 7.99. The molecule has 1 aromatic carbocycles. The molecule has 0 bridgehead atoms. The molecule has 114 valence electrons. The van der Waals surface area contributed by atoms with E-state index in [0.717, 1.165) is 13.2 Å². The van der Waals surface area contributed by atoms with Crippen LogP contribution in [0, 0.1) is 0 Å². The zero-order valence-corrected chi connectivity index (χ0v) is 12.1. The highest BCUT2D eigenvalue weighted by Gasteiger charge is 2.13. The Morgan fingerprint density at radius 2 is 1.81 bits per heavy atom. The number of nitrogens with one attached hydrogen (secondary N) is 1. The SMILES string of the molecule is COC(=O)/C=C(/Nc1ccc(SC(F)F)cc1)C(=O)OC.